The van der Waals surface area contributed by atoms with Gasteiger partial charge in [-0.05, 0) is 49.8 Å². The number of nitrogens with zero attached hydrogens (tertiary/aromatic N) is 3. The molecule has 0 saturated carbocycles. The fourth-order valence-corrected chi connectivity index (χ4v) is 4.67. The van der Waals surface area contributed by atoms with Gasteiger partial charge in [0.15, 0.2) is 0 Å². The first-order valence-electron chi connectivity index (χ1n) is 14.2. The Kier molecular flexibility index (Phi) is 11.2. The van der Waals surface area contributed by atoms with Crippen LogP contribution >= 0.6 is 0 Å². The fraction of sp³-hybridized carbons (Fsp3) is 0.571. The van der Waals surface area contributed by atoms with Crippen molar-refractivity contribution in [3.63, 3.8) is 0 Å². The van der Waals surface area contributed by atoms with Crippen molar-refractivity contribution in [1.82, 2.24) is 20.6 Å². The van der Waals surface area contributed by atoms with E-state index in [0.717, 1.165) is 82.6 Å². The highest BCUT2D eigenvalue weighted by Crippen LogP contribution is 2.18. The van der Waals surface area contributed by atoms with Crippen LogP contribution in [0.2, 0.25) is 0 Å². The lowest BCUT2D eigenvalue weighted by Gasteiger charge is -2.28. The number of hydrogen-bond donors (Lipinski definition) is 5. The van der Waals surface area contributed by atoms with Crippen molar-refractivity contribution in [2.75, 3.05) is 61.5 Å². The molecule has 212 valence electrons. The molecule has 6 N–H and O–H groups in total. The number of anilines is 3. The zero-order chi connectivity index (χ0) is 27.3. The van der Waals surface area contributed by atoms with E-state index < -0.39 is 6.04 Å². The molecule has 2 aliphatic heterocycles. The molecule has 1 saturated heterocycles. The largest absolute Gasteiger partial charge is 0.378 e. The molecule has 2 aromatic rings. The molecule has 1 fully saturated rings. The second kappa shape index (κ2) is 15.2. The molecule has 1 atom stereocenters. The summed E-state index contributed by atoms with van der Waals surface area (Å²) in [7, 11) is 0. The SMILES string of the molecule is N[C@H]1CCCCNc2nc(ncc2C(=O)NCc2ccc(N3CCOCC3)cc2)NCCCCCCNC1=O. The molecule has 2 amide bonds. The Hall–Kier alpha value is -3.44. The second-order valence-electron chi connectivity index (χ2n) is 10.1. The van der Waals surface area contributed by atoms with E-state index in [1.54, 1.807) is 6.20 Å². The predicted octanol–water partition coefficient (Wildman–Crippen LogP) is 2.25. The van der Waals surface area contributed by atoms with Crippen LogP contribution in [0.4, 0.5) is 17.5 Å². The number of amides is 2. The molecule has 1 aromatic carbocycles. The van der Waals surface area contributed by atoms with Crippen molar-refractivity contribution in [3.8, 4) is 0 Å². The summed E-state index contributed by atoms with van der Waals surface area (Å²) < 4.78 is 5.43. The van der Waals surface area contributed by atoms with Crippen LogP contribution < -0.4 is 31.9 Å². The standard InChI is InChI=1S/C28H42N8O3/c29-24-7-3-6-12-30-25-23(20-34-28(35-25)32-14-5-2-1-4-13-31-27(24)38)26(37)33-19-21-8-10-22(11-9-21)36-15-17-39-18-16-36/h8-11,20,24H,1-7,12-19,29H2,(H,31,38)(H,33,37)(H2,30,32,34,35)/t24-/m0/s1. The first kappa shape index (κ1) is 28.6. The van der Waals surface area contributed by atoms with Crippen LogP contribution in [0, 0.1) is 0 Å². The van der Waals surface area contributed by atoms with E-state index in [1.807, 2.05) is 12.1 Å². The molecular formula is C28H42N8O3. The fourth-order valence-electron chi connectivity index (χ4n) is 4.67. The van der Waals surface area contributed by atoms with Gasteiger partial charge in [0.05, 0.1) is 19.3 Å². The number of nitrogens with two attached hydrogens (primary N) is 1. The summed E-state index contributed by atoms with van der Waals surface area (Å²) in [6, 6.07) is 7.75. The minimum atomic E-state index is -0.497. The van der Waals surface area contributed by atoms with Crippen molar-refractivity contribution in [2.24, 2.45) is 5.73 Å². The quantitative estimate of drug-likeness (QED) is 0.395. The maximum Gasteiger partial charge on any atom is 0.256 e. The monoisotopic (exact) mass is 538 g/mol. The highest BCUT2D eigenvalue weighted by Gasteiger charge is 2.16. The van der Waals surface area contributed by atoms with Crippen LogP contribution in [0.25, 0.3) is 0 Å². The third-order valence-corrected chi connectivity index (χ3v) is 7.06. The van der Waals surface area contributed by atoms with Crippen LogP contribution in [-0.2, 0) is 16.1 Å². The average molecular weight is 539 g/mol. The first-order chi connectivity index (χ1) is 19.1. The minimum absolute atomic E-state index is 0.0825. The number of rotatable bonds is 4. The van der Waals surface area contributed by atoms with Gasteiger partial charge in [-0.1, -0.05) is 25.0 Å². The molecule has 0 unspecified atom stereocenters. The Morgan fingerprint density at radius 2 is 1.67 bits per heavy atom. The summed E-state index contributed by atoms with van der Waals surface area (Å²) in [4.78, 5) is 36.6. The molecule has 2 bridgehead atoms. The van der Waals surface area contributed by atoms with Crippen molar-refractivity contribution in [1.29, 1.82) is 0 Å². The van der Waals surface area contributed by atoms with Gasteiger partial charge in [0.1, 0.15) is 11.4 Å². The van der Waals surface area contributed by atoms with Gasteiger partial charge in [-0.2, -0.15) is 4.98 Å². The van der Waals surface area contributed by atoms with Gasteiger partial charge in [-0.3, -0.25) is 9.59 Å². The highest BCUT2D eigenvalue weighted by atomic mass is 16.5. The average Bonchev–Trinajstić information content (AvgIpc) is 2.97. The zero-order valence-corrected chi connectivity index (χ0v) is 22.7. The Morgan fingerprint density at radius 1 is 0.974 bits per heavy atom. The normalized spacial score (nSPS) is 20.0. The topological polar surface area (TPSA) is 147 Å². The number of nitrogens with one attached hydrogen (secondary N) is 4. The summed E-state index contributed by atoms with van der Waals surface area (Å²) in [5, 5.41) is 12.5. The lowest BCUT2D eigenvalue weighted by atomic mass is 10.1. The summed E-state index contributed by atoms with van der Waals surface area (Å²) >= 11 is 0. The Labute approximate surface area is 230 Å². The lowest BCUT2D eigenvalue weighted by molar-refractivity contribution is -0.122. The third-order valence-electron chi connectivity index (χ3n) is 7.06. The zero-order valence-electron chi connectivity index (χ0n) is 22.7. The molecule has 0 spiro atoms. The number of fused-ring (bicyclic) bond motifs is 2. The lowest BCUT2D eigenvalue weighted by Crippen LogP contribution is -2.40. The molecule has 11 nitrogen and oxygen atoms in total. The van der Waals surface area contributed by atoms with Crippen LogP contribution in [0.5, 0.6) is 0 Å². The smallest absolute Gasteiger partial charge is 0.256 e. The molecular weight excluding hydrogens is 496 g/mol. The summed E-state index contributed by atoms with van der Waals surface area (Å²) in [5.74, 6) is 0.682. The van der Waals surface area contributed by atoms with E-state index in [0.29, 0.717) is 43.4 Å². The summed E-state index contributed by atoms with van der Waals surface area (Å²) in [5.41, 5.74) is 8.63. The van der Waals surface area contributed by atoms with E-state index in [9.17, 15) is 9.59 Å². The van der Waals surface area contributed by atoms with E-state index in [1.165, 1.54) is 0 Å². The summed E-state index contributed by atoms with van der Waals surface area (Å²) in [6.45, 7) is 5.68. The number of morpholine rings is 1. The van der Waals surface area contributed by atoms with E-state index in [-0.39, 0.29) is 11.8 Å². The maximum atomic E-state index is 13.1. The number of benzene rings is 1. The Bertz CT molecular complexity index is 1060. The Morgan fingerprint density at radius 3 is 2.44 bits per heavy atom. The van der Waals surface area contributed by atoms with Crippen LogP contribution in [-0.4, -0.2) is 73.8 Å². The highest BCUT2D eigenvalue weighted by molar-refractivity contribution is 5.98. The van der Waals surface area contributed by atoms with Crippen molar-refractivity contribution in [3.05, 3.63) is 41.6 Å². The van der Waals surface area contributed by atoms with Gasteiger partial charge < -0.3 is 36.6 Å². The predicted molar refractivity (Wildman–Crippen MR) is 153 cm³/mol. The maximum absolute atomic E-state index is 13.1. The van der Waals surface area contributed by atoms with Crippen LogP contribution in [0.15, 0.2) is 30.5 Å². The Balaban J connectivity index is 1.36. The molecule has 1 aromatic heterocycles. The second-order valence-corrected chi connectivity index (χ2v) is 10.1. The number of carbonyl (C=O) groups is 2. The number of hydrogen-bond acceptors (Lipinski definition) is 9. The molecule has 39 heavy (non-hydrogen) atoms. The van der Waals surface area contributed by atoms with E-state index in [2.05, 4.69) is 48.3 Å². The van der Waals surface area contributed by atoms with Gasteiger partial charge in [0.2, 0.25) is 11.9 Å². The van der Waals surface area contributed by atoms with Gasteiger partial charge in [-0.15, -0.1) is 0 Å². The molecule has 3 heterocycles. The van der Waals surface area contributed by atoms with E-state index in [4.69, 9.17) is 10.5 Å². The number of aromatic nitrogens is 2. The summed E-state index contributed by atoms with van der Waals surface area (Å²) in [6.07, 6.45) is 7.74. The molecule has 4 rings (SSSR count). The van der Waals surface area contributed by atoms with Gasteiger partial charge >= 0.3 is 0 Å². The van der Waals surface area contributed by atoms with Crippen LogP contribution in [0.1, 0.15) is 60.9 Å². The van der Waals surface area contributed by atoms with Crippen molar-refractivity contribution in [2.45, 2.75) is 57.5 Å². The minimum Gasteiger partial charge on any atom is -0.378 e. The number of carbonyl (C=O) groups excluding carboxylic acids is 2. The third kappa shape index (κ3) is 9.07. The molecule has 11 heteroatoms. The molecule has 0 radical (unpaired) electrons. The first-order valence-corrected chi connectivity index (χ1v) is 14.2. The molecule has 0 aliphatic carbocycles. The van der Waals surface area contributed by atoms with Gasteiger partial charge in [0.25, 0.3) is 5.91 Å². The van der Waals surface area contributed by atoms with Crippen molar-refractivity contribution >= 4 is 29.3 Å². The van der Waals surface area contributed by atoms with Crippen molar-refractivity contribution < 1.29 is 14.3 Å². The number of ether oxygens (including phenoxy) is 1. The molecule has 2 aliphatic rings. The van der Waals surface area contributed by atoms with Crippen LogP contribution in [0.3, 0.4) is 0 Å². The van der Waals surface area contributed by atoms with E-state index >= 15 is 0 Å². The van der Waals surface area contributed by atoms with Gasteiger partial charge in [0, 0.05) is 51.2 Å². The van der Waals surface area contributed by atoms with Gasteiger partial charge in [-0.25, -0.2) is 4.98 Å².